The number of carbonyl (C=O) groups excluding carboxylic acids is 1. The van der Waals surface area contributed by atoms with Gasteiger partial charge in [-0.2, -0.15) is 0 Å². The number of carbonyl (C=O) groups is 1. The first kappa shape index (κ1) is 11.0. The molecule has 0 aromatic carbocycles. The van der Waals surface area contributed by atoms with E-state index in [0.717, 1.165) is 11.4 Å². The molecule has 3 heterocycles. The van der Waals surface area contributed by atoms with Crippen molar-refractivity contribution in [2.45, 2.75) is 12.5 Å². The molecule has 6 heteroatoms. The normalized spacial score (nSPS) is 19.7. The second kappa shape index (κ2) is 4.30. The number of fused-ring (bicyclic) bond motifs is 1. The Labute approximate surface area is 104 Å². The molecule has 1 unspecified atom stereocenters. The van der Waals surface area contributed by atoms with Gasteiger partial charge >= 0.3 is 0 Å². The van der Waals surface area contributed by atoms with E-state index in [4.69, 9.17) is 4.42 Å². The minimum Gasteiger partial charge on any atom is -0.446 e. The predicted octanol–water partition coefficient (Wildman–Crippen LogP) is 0.852. The number of nitrogens with one attached hydrogen (secondary N) is 2. The summed E-state index contributed by atoms with van der Waals surface area (Å²) >= 11 is 0. The molecule has 2 aromatic heterocycles. The Hall–Kier alpha value is -2.08. The van der Waals surface area contributed by atoms with Crippen LogP contribution in [0.1, 0.15) is 17.5 Å². The van der Waals surface area contributed by atoms with E-state index in [-0.39, 0.29) is 5.91 Å². The number of amides is 1. The van der Waals surface area contributed by atoms with Crippen molar-refractivity contribution in [3.8, 4) is 0 Å². The maximum atomic E-state index is 12.5. The number of hydrogen-bond donors (Lipinski definition) is 2. The first-order valence-electron chi connectivity index (χ1n) is 5.85. The lowest BCUT2D eigenvalue weighted by Crippen LogP contribution is -2.38. The van der Waals surface area contributed by atoms with Gasteiger partial charge in [0.1, 0.15) is 6.04 Å². The quantitative estimate of drug-likeness (QED) is 0.824. The molecular formula is C12H14N4O2. The fraction of sp³-hybridized carbons (Fsp3) is 0.333. The molecular weight excluding hydrogens is 232 g/mol. The minimum atomic E-state index is -0.472. The third-order valence-electron chi connectivity index (χ3n) is 3.20. The van der Waals surface area contributed by atoms with Crippen molar-refractivity contribution in [1.29, 1.82) is 0 Å². The summed E-state index contributed by atoms with van der Waals surface area (Å²) in [5.41, 5.74) is 1.71. The van der Waals surface area contributed by atoms with Crippen LogP contribution in [0.4, 0.5) is 5.69 Å². The van der Waals surface area contributed by atoms with Gasteiger partial charge in [-0.3, -0.25) is 4.79 Å². The van der Waals surface area contributed by atoms with E-state index in [2.05, 4.69) is 15.3 Å². The van der Waals surface area contributed by atoms with Crippen molar-refractivity contribution in [3.63, 3.8) is 0 Å². The molecule has 94 valence electrons. The van der Waals surface area contributed by atoms with Gasteiger partial charge in [0, 0.05) is 25.4 Å². The summed E-state index contributed by atoms with van der Waals surface area (Å²) in [7, 11) is 1.75. The van der Waals surface area contributed by atoms with Crippen molar-refractivity contribution < 1.29 is 9.21 Å². The topological polar surface area (TPSA) is 74.2 Å². The van der Waals surface area contributed by atoms with Crippen LogP contribution in [0.15, 0.2) is 29.3 Å². The number of nitrogens with zero attached hydrogens (tertiary/aromatic N) is 2. The summed E-state index contributed by atoms with van der Waals surface area (Å²) in [6.45, 7) is 0.606. The first-order valence-corrected chi connectivity index (χ1v) is 5.85. The maximum Gasteiger partial charge on any atom is 0.252 e. The number of likely N-dealkylation sites (N-methyl/N-ethyl adjacent to an activating group) is 1. The van der Waals surface area contributed by atoms with Crippen molar-refractivity contribution in [3.05, 3.63) is 36.3 Å². The van der Waals surface area contributed by atoms with Gasteiger partial charge in [-0.25, -0.2) is 4.98 Å². The van der Waals surface area contributed by atoms with Crippen molar-refractivity contribution >= 4 is 11.6 Å². The summed E-state index contributed by atoms with van der Waals surface area (Å²) in [5, 5.41) is 2.99. The summed E-state index contributed by atoms with van der Waals surface area (Å²) in [5.74, 6) is 0.605. The Morgan fingerprint density at radius 1 is 1.61 bits per heavy atom. The lowest BCUT2D eigenvalue weighted by Gasteiger charge is -2.22. The molecule has 0 bridgehead atoms. The smallest absolute Gasteiger partial charge is 0.252 e. The fourth-order valence-corrected chi connectivity index (χ4v) is 2.29. The van der Waals surface area contributed by atoms with Crippen molar-refractivity contribution in [2.24, 2.45) is 0 Å². The highest BCUT2D eigenvalue weighted by Crippen LogP contribution is 2.26. The second-order valence-electron chi connectivity index (χ2n) is 4.19. The Balaban J connectivity index is 1.99. The Morgan fingerprint density at radius 3 is 3.22 bits per heavy atom. The van der Waals surface area contributed by atoms with E-state index in [1.165, 1.54) is 6.39 Å². The van der Waals surface area contributed by atoms with E-state index < -0.39 is 6.04 Å². The molecule has 1 amide bonds. The van der Waals surface area contributed by atoms with Gasteiger partial charge in [-0.15, -0.1) is 0 Å². The number of oxazole rings is 1. The molecule has 1 atom stereocenters. The molecule has 18 heavy (non-hydrogen) atoms. The van der Waals surface area contributed by atoms with Crippen LogP contribution < -0.4 is 10.2 Å². The number of rotatable bonds is 2. The van der Waals surface area contributed by atoms with Crippen LogP contribution in [0.2, 0.25) is 0 Å². The van der Waals surface area contributed by atoms with Crippen LogP contribution in [-0.4, -0.2) is 29.5 Å². The van der Waals surface area contributed by atoms with Crippen LogP contribution in [-0.2, 0) is 11.2 Å². The van der Waals surface area contributed by atoms with E-state index >= 15 is 0 Å². The molecule has 2 N–H and O–H groups in total. The Kier molecular flexibility index (Phi) is 2.64. The second-order valence-corrected chi connectivity index (χ2v) is 4.19. The van der Waals surface area contributed by atoms with Gasteiger partial charge < -0.3 is 19.6 Å². The van der Waals surface area contributed by atoms with Gasteiger partial charge in [-0.1, -0.05) is 0 Å². The zero-order valence-corrected chi connectivity index (χ0v) is 10.0. The third kappa shape index (κ3) is 1.62. The molecule has 1 aliphatic rings. The minimum absolute atomic E-state index is 0.0207. The maximum absolute atomic E-state index is 12.5. The van der Waals surface area contributed by atoms with E-state index in [1.807, 2.05) is 12.3 Å². The molecule has 0 radical (unpaired) electrons. The van der Waals surface area contributed by atoms with E-state index in [9.17, 15) is 4.79 Å². The number of aromatic nitrogens is 2. The third-order valence-corrected chi connectivity index (χ3v) is 3.20. The molecule has 0 aliphatic carbocycles. The van der Waals surface area contributed by atoms with Gasteiger partial charge in [0.05, 0.1) is 11.4 Å². The highest BCUT2D eigenvalue weighted by Gasteiger charge is 2.33. The highest BCUT2D eigenvalue weighted by molar-refractivity contribution is 5.98. The van der Waals surface area contributed by atoms with Crippen LogP contribution >= 0.6 is 0 Å². The summed E-state index contributed by atoms with van der Waals surface area (Å²) in [4.78, 5) is 21.4. The van der Waals surface area contributed by atoms with Crippen LogP contribution in [0.25, 0.3) is 0 Å². The molecule has 0 saturated heterocycles. The standard InChI is InChI=1S/C12H14N4O2/c1-13-10-11-9(15-7-18-11)3-5-16(12(10)17)8-2-4-14-6-8/h2,4,6-7,10,13-14H,3,5H2,1H3. The largest absolute Gasteiger partial charge is 0.446 e. The fourth-order valence-electron chi connectivity index (χ4n) is 2.29. The van der Waals surface area contributed by atoms with Gasteiger partial charge in [0.2, 0.25) is 0 Å². The predicted molar refractivity (Wildman–Crippen MR) is 65.2 cm³/mol. The Bertz CT molecular complexity index is 546. The number of H-pyrrole nitrogens is 1. The molecule has 2 aromatic rings. The average Bonchev–Trinajstić information content (AvgIpc) is 3.01. The van der Waals surface area contributed by atoms with Gasteiger partial charge in [0.15, 0.2) is 12.2 Å². The Morgan fingerprint density at radius 2 is 2.50 bits per heavy atom. The molecule has 3 rings (SSSR count). The SMILES string of the molecule is CNC1C(=O)N(c2cc[nH]c2)CCc2ncoc21. The van der Waals surface area contributed by atoms with E-state index in [1.54, 1.807) is 18.1 Å². The van der Waals surface area contributed by atoms with Crippen LogP contribution in [0, 0.1) is 0 Å². The van der Waals surface area contributed by atoms with Crippen LogP contribution in [0.3, 0.4) is 0 Å². The molecule has 0 spiro atoms. The number of hydrogen-bond acceptors (Lipinski definition) is 4. The lowest BCUT2D eigenvalue weighted by atomic mass is 10.1. The zero-order valence-electron chi connectivity index (χ0n) is 10.0. The summed E-state index contributed by atoms with van der Waals surface area (Å²) in [6, 6.07) is 1.41. The number of anilines is 1. The van der Waals surface area contributed by atoms with Crippen molar-refractivity contribution in [2.75, 3.05) is 18.5 Å². The highest BCUT2D eigenvalue weighted by atomic mass is 16.3. The van der Waals surface area contributed by atoms with Gasteiger partial charge in [-0.05, 0) is 13.1 Å². The number of aromatic amines is 1. The van der Waals surface area contributed by atoms with E-state index in [0.29, 0.717) is 18.7 Å². The molecule has 0 saturated carbocycles. The summed E-state index contributed by atoms with van der Waals surface area (Å²) < 4.78 is 5.35. The molecule has 6 nitrogen and oxygen atoms in total. The van der Waals surface area contributed by atoms with Gasteiger partial charge in [0.25, 0.3) is 5.91 Å². The molecule has 0 fully saturated rings. The zero-order chi connectivity index (χ0) is 12.5. The molecule has 1 aliphatic heterocycles. The monoisotopic (exact) mass is 246 g/mol. The van der Waals surface area contributed by atoms with Crippen molar-refractivity contribution in [1.82, 2.24) is 15.3 Å². The summed E-state index contributed by atoms with van der Waals surface area (Å²) in [6.07, 6.45) is 5.71. The van der Waals surface area contributed by atoms with Crippen LogP contribution in [0.5, 0.6) is 0 Å². The average molecular weight is 246 g/mol. The lowest BCUT2D eigenvalue weighted by molar-refractivity contribution is -0.120. The first-order chi connectivity index (χ1) is 8.81.